The lowest BCUT2D eigenvalue weighted by atomic mass is 10.1. The first-order valence-corrected chi connectivity index (χ1v) is 4.95. The van der Waals surface area contributed by atoms with Crippen LogP contribution in [0.5, 0.6) is 5.75 Å². The fraction of sp³-hybridized carbons (Fsp3) is 0. The van der Waals surface area contributed by atoms with E-state index in [2.05, 4.69) is 0 Å². The van der Waals surface area contributed by atoms with E-state index in [1.165, 1.54) is 12.1 Å². The third kappa shape index (κ3) is 3.12. The van der Waals surface area contributed by atoms with Gasteiger partial charge in [-0.3, -0.25) is 0 Å². The SMILES string of the molecule is O=C(O)C(=Cc1cc(Cl)c(O)c(Cl)c1)C(=O)O. The van der Waals surface area contributed by atoms with Crippen molar-refractivity contribution in [1.82, 2.24) is 0 Å². The average Bonchev–Trinajstić information content (AvgIpc) is 2.21. The van der Waals surface area contributed by atoms with Gasteiger partial charge < -0.3 is 15.3 Å². The summed E-state index contributed by atoms with van der Waals surface area (Å²) in [4.78, 5) is 21.2. The minimum Gasteiger partial charge on any atom is -0.505 e. The van der Waals surface area contributed by atoms with E-state index in [0.29, 0.717) is 0 Å². The van der Waals surface area contributed by atoms with Crippen molar-refractivity contribution in [2.45, 2.75) is 0 Å². The first-order chi connectivity index (χ1) is 7.82. The maximum absolute atomic E-state index is 10.6. The lowest BCUT2D eigenvalue weighted by molar-refractivity contribution is -0.139. The molecular formula is C10H6Cl2O5. The van der Waals surface area contributed by atoms with Crippen LogP contribution >= 0.6 is 23.2 Å². The summed E-state index contributed by atoms with van der Waals surface area (Å²) in [6.07, 6.45) is 0.891. The van der Waals surface area contributed by atoms with Gasteiger partial charge in [0.05, 0.1) is 10.0 Å². The van der Waals surface area contributed by atoms with Gasteiger partial charge in [-0.2, -0.15) is 0 Å². The number of aliphatic carboxylic acids is 2. The van der Waals surface area contributed by atoms with E-state index in [4.69, 9.17) is 33.4 Å². The Hall–Kier alpha value is -1.72. The zero-order valence-corrected chi connectivity index (χ0v) is 9.66. The largest absolute Gasteiger partial charge is 0.505 e. The summed E-state index contributed by atoms with van der Waals surface area (Å²) in [6, 6.07) is 2.41. The Morgan fingerprint density at radius 3 is 1.82 bits per heavy atom. The molecular weight excluding hydrogens is 271 g/mol. The van der Waals surface area contributed by atoms with Crippen molar-refractivity contribution in [1.29, 1.82) is 0 Å². The second-order valence-electron chi connectivity index (χ2n) is 3.00. The Bertz CT molecular complexity index is 482. The summed E-state index contributed by atoms with van der Waals surface area (Å²) in [5, 5.41) is 26.3. The van der Waals surface area contributed by atoms with Crippen molar-refractivity contribution in [3.05, 3.63) is 33.3 Å². The monoisotopic (exact) mass is 276 g/mol. The number of aromatic hydroxyl groups is 1. The summed E-state index contributed by atoms with van der Waals surface area (Å²) in [7, 11) is 0. The van der Waals surface area contributed by atoms with E-state index in [9.17, 15) is 14.7 Å². The zero-order chi connectivity index (χ0) is 13.2. The molecule has 0 aliphatic carbocycles. The van der Waals surface area contributed by atoms with Gasteiger partial charge >= 0.3 is 11.9 Å². The van der Waals surface area contributed by atoms with Crippen molar-refractivity contribution >= 4 is 41.2 Å². The predicted molar refractivity (Wildman–Crippen MR) is 61.4 cm³/mol. The van der Waals surface area contributed by atoms with Crippen molar-refractivity contribution in [3.8, 4) is 5.75 Å². The highest BCUT2D eigenvalue weighted by Gasteiger charge is 2.16. The van der Waals surface area contributed by atoms with Gasteiger partial charge in [-0.15, -0.1) is 0 Å². The molecule has 0 aliphatic heterocycles. The Labute approximate surface area is 106 Å². The lowest BCUT2D eigenvalue weighted by Gasteiger charge is -2.02. The molecule has 1 rings (SSSR count). The van der Waals surface area contributed by atoms with E-state index >= 15 is 0 Å². The van der Waals surface area contributed by atoms with Gasteiger partial charge in [-0.1, -0.05) is 23.2 Å². The standard InChI is InChI=1S/C10H6Cl2O5/c11-6-2-4(3-7(12)8(6)13)1-5(9(14)15)10(16)17/h1-3,13H,(H,14,15)(H,16,17). The number of carboxylic acids is 2. The summed E-state index contributed by atoms with van der Waals surface area (Å²) in [6.45, 7) is 0. The highest BCUT2D eigenvalue weighted by molar-refractivity contribution is 6.37. The van der Waals surface area contributed by atoms with Gasteiger partial charge in [0, 0.05) is 0 Å². The molecule has 3 N–H and O–H groups in total. The molecule has 0 radical (unpaired) electrons. The van der Waals surface area contributed by atoms with Crippen LogP contribution in [-0.4, -0.2) is 27.3 Å². The average molecular weight is 277 g/mol. The number of benzene rings is 1. The molecule has 0 spiro atoms. The number of hydrogen-bond acceptors (Lipinski definition) is 3. The van der Waals surface area contributed by atoms with Crippen molar-refractivity contribution < 1.29 is 24.9 Å². The maximum Gasteiger partial charge on any atom is 0.343 e. The Morgan fingerprint density at radius 1 is 1.06 bits per heavy atom. The van der Waals surface area contributed by atoms with Gasteiger partial charge in [0.25, 0.3) is 0 Å². The number of carbonyl (C=O) groups is 2. The van der Waals surface area contributed by atoms with Crippen molar-refractivity contribution in [3.63, 3.8) is 0 Å². The smallest absolute Gasteiger partial charge is 0.343 e. The second kappa shape index (κ2) is 5.07. The minimum atomic E-state index is -1.59. The topological polar surface area (TPSA) is 94.8 Å². The van der Waals surface area contributed by atoms with Crippen LogP contribution in [-0.2, 0) is 9.59 Å². The maximum atomic E-state index is 10.6. The molecule has 0 aromatic heterocycles. The molecule has 0 saturated carbocycles. The van der Waals surface area contributed by atoms with E-state index in [1.807, 2.05) is 0 Å². The number of phenolic OH excluding ortho intramolecular Hbond substituents is 1. The number of halogens is 2. The third-order valence-electron chi connectivity index (χ3n) is 1.81. The Balaban J connectivity index is 3.30. The van der Waals surface area contributed by atoms with Crippen molar-refractivity contribution in [2.75, 3.05) is 0 Å². The minimum absolute atomic E-state index is 0.0983. The summed E-state index contributed by atoms with van der Waals surface area (Å²) >= 11 is 11.2. The number of phenols is 1. The normalized spacial score (nSPS) is 9.76. The molecule has 0 unspecified atom stereocenters. The molecule has 1 aromatic carbocycles. The fourth-order valence-electron chi connectivity index (χ4n) is 1.05. The van der Waals surface area contributed by atoms with Crippen LogP contribution in [0, 0.1) is 0 Å². The van der Waals surface area contributed by atoms with Crippen molar-refractivity contribution in [2.24, 2.45) is 0 Å². The first kappa shape index (κ1) is 13.3. The molecule has 5 nitrogen and oxygen atoms in total. The van der Waals surface area contributed by atoms with Gasteiger partial charge in [-0.05, 0) is 23.8 Å². The molecule has 0 aliphatic rings. The van der Waals surface area contributed by atoms with E-state index in [-0.39, 0.29) is 21.4 Å². The van der Waals surface area contributed by atoms with Crippen LogP contribution in [0.4, 0.5) is 0 Å². The second-order valence-corrected chi connectivity index (χ2v) is 3.82. The van der Waals surface area contributed by atoms with Crippen LogP contribution in [0.15, 0.2) is 17.7 Å². The zero-order valence-electron chi connectivity index (χ0n) is 8.15. The van der Waals surface area contributed by atoms with Crippen LogP contribution in [0.2, 0.25) is 10.0 Å². The van der Waals surface area contributed by atoms with Crippen LogP contribution in [0.3, 0.4) is 0 Å². The van der Waals surface area contributed by atoms with E-state index in [1.54, 1.807) is 0 Å². The summed E-state index contributed by atoms with van der Waals surface area (Å²) < 4.78 is 0. The van der Waals surface area contributed by atoms with Gasteiger partial charge in [0.15, 0.2) is 5.75 Å². The number of rotatable bonds is 3. The predicted octanol–water partition coefficient (Wildman–Crippen LogP) is 2.25. The quantitative estimate of drug-likeness (QED) is 0.447. The van der Waals surface area contributed by atoms with Gasteiger partial charge in [-0.25, -0.2) is 9.59 Å². The van der Waals surface area contributed by atoms with Crippen LogP contribution < -0.4 is 0 Å². The molecule has 7 heteroatoms. The molecule has 0 heterocycles. The van der Waals surface area contributed by atoms with Gasteiger partial charge in [0.1, 0.15) is 5.57 Å². The van der Waals surface area contributed by atoms with E-state index < -0.39 is 17.5 Å². The molecule has 17 heavy (non-hydrogen) atoms. The fourth-order valence-corrected chi connectivity index (χ4v) is 1.55. The third-order valence-corrected chi connectivity index (χ3v) is 2.39. The number of hydrogen-bond donors (Lipinski definition) is 3. The molecule has 0 fully saturated rings. The Morgan fingerprint density at radius 2 is 1.47 bits per heavy atom. The molecule has 0 saturated heterocycles. The molecule has 0 bridgehead atoms. The molecule has 90 valence electrons. The highest BCUT2D eigenvalue weighted by atomic mass is 35.5. The van der Waals surface area contributed by atoms with Crippen LogP contribution in [0.1, 0.15) is 5.56 Å². The summed E-state index contributed by atoms with van der Waals surface area (Å²) in [5.74, 6) is -3.52. The highest BCUT2D eigenvalue weighted by Crippen LogP contribution is 2.33. The van der Waals surface area contributed by atoms with Crippen LogP contribution in [0.25, 0.3) is 6.08 Å². The number of carboxylic acid groups (broad SMARTS) is 2. The summed E-state index contributed by atoms with van der Waals surface area (Å²) in [5.41, 5.74) is -0.666. The molecule has 1 aromatic rings. The molecule has 0 atom stereocenters. The van der Waals surface area contributed by atoms with E-state index in [0.717, 1.165) is 6.08 Å². The molecule has 0 amide bonds. The first-order valence-electron chi connectivity index (χ1n) is 4.19. The Kier molecular flexibility index (Phi) is 3.98. The van der Waals surface area contributed by atoms with Gasteiger partial charge in [0.2, 0.25) is 0 Å². The lowest BCUT2D eigenvalue weighted by Crippen LogP contribution is -2.10.